The fraction of sp³-hybridized carbons (Fsp3) is 0.462. The predicted molar refractivity (Wildman–Crippen MR) is 65.9 cm³/mol. The molecule has 1 aromatic carbocycles. The second-order valence-electron chi connectivity index (χ2n) is 4.17. The molecule has 0 bridgehead atoms. The lowest BCUT2D eigenvalue weighted by molar-refractivity contribution is -0.123. The summed E-state index contributed by atoms with van der Waals surface area (Å²) in [5.41, 5.74) is 7.84. The molecular weight excluding hydrogens is 200 g/mol. The highest BCUT2D eigenvalue weighted by atomic mass is 16.1. The van der Waals surface area contributed by atoms with Gasteiger partial charge in [0.25, 0.3) is 0 Å². The Bertz CT molecular complexity index is 363. The quantitative estimate of drug-likeness (QED) is 0.820. The van der Waals surface area contributed by atoms with Crippen LogP contribution in [0.4, 0.5) is 0 Å². The molecule has 0 saturated heterocycles. The van der Waals surface area contributed by atoms with E-state index in [1.165, 1.54) is 11.1 Å². The first kappa shape index (κ1) is 12.7. The number of benzene rings is 1. The molecule has 16 heavy (non-hydrogen) atoms. The number of likely N-dealkylation sites (N-methyl/N-ethyl adjacent to an activating group) is 1. The molecule has 0 aliphatic carbocycles. The van der Waals surface area contributed by atoms with Gasteiger partial charge in [0, 0.05) is 6.54 Å². The van der Waals surface area contributed by atoms with E-state index >= 15 is 0 Å². The molecule has 1 atom stereocenters. The van der Waals surface area contributed by atoms with Gasteiger partial charge >= 0.3 is 0 Å². The number of carbonyl (C=O) groups is 1. The number of amides is 1. The van der Waals surface area contributed by atoms with Crippen LogP contribution in [0.2, 0.25) is 0 Å². The maximum atomic E-state index is 11.2. The molecular formula is C13H20N2O. The van der Waals surface area contributed by atoms with Crippen LogP contribution in [0, 0.1) is 6.92 Å². The number of hydrogen-bond donors (Lipinski definition) is 1. The Balaban J connectivity index is 2.74. The lowest BCUT2D eigenvalue weighted by Gasteiger charge is -2.24. The lowest BCUT2D eigenvalue weighted by atomic mass is 10.1. The molecule has 0 aromatic heterocycles. The van der Waals surface area contributed by atoms with Gasteiger partial charge in [0.15, 0.2) is 0 Å². The minimum Gasteiger partial charge on any atom is -0.368 e. The molecule has 0 radical (unpaired) electrons. The number of hydrogen-bond acceptors (Lipinski definition) is 2. The average Bonchev–Trinajstić information content (AvgIpc) is 2.22. The Morgan fingerprint density at radius 2 is 2.06 bits per heavy atom. The van der Waals surface area contributed by atoms with Gasteiger partial charge in [-0.25, -0.2) is 0 Å². The highest BCUT2D eigenvalue weighted by molar-refractivity contribution is 5.79. The van der Waals surface area contributed by atoms with Crippen LogP contribution in [0.25, 0.3) is 0 Å². The van der Waals surface area contributed by atoms with Gasteiger partial charge in [-0.05, 0) is 31.5 Å². The molecule has 0 spiro atoms. The normalized spacial score (nSPS) is 12.8. The Morgan fingerprint density at radius 3 is 2.56 bits per heavy atom. The summed E-state index contributed by atoms with van der Waals surface area (Å²) < 4.78 is 0. The van der Waals surface area contributed by atoms with Gasteiger partial charge in [0.05, 0.1) is 6.04 Å². The molecule has 1 rings (SSSR count). The van der Waals surface area contributed by atoms with E-state index in [9.17, 15) is 4.79 Å². The first-order valence-electron chi connectivity index (χ1n) is 5.60. The van der Waals surface area contributed by atoms with Gasteiger partial charge in [0.1, 0.15) is 0 Å². The molecule has 2 N–H and O–H groups in total. The van der Waals surface area contributed by atoms with Crippen LogP contribution in [0.15, 0.2) is 24.3 Å². The summed E-state index contributed by atoms with van der Waals surface area (Å²) in [4.78, 5) is 13.2. The number of primary amides is 1. The Morgan fingerprint density at radius 1 is 1.44 bits per heavy atom. The zero-order valence-corrected chi connectivity index (χ0v) is 10.2. The van der Waals surface area contributed by atoms with E-state index in [0.29, 0.717) is 0 Å². The summed E-state index contributed by atoms with van der Waals surface area (Å²) in [6.07, 6.45) is 0.748. The monoisotopic (exact) mass is 220 g/mol. The summed E-state index contributed by atoms with van der Waals surface area (Å²) in [5, 5.41) is 0. The van der Waals surface area contributed by atoms with Gasteiger partial charge in [-0.1, -0.05) is 31.2 Å². The second kappa shape index (κ2) is 5.66. The predicted octanol–water partition coefficient (Wildman–Crippen LogP) is 1.69. The van der Waals surface area contributed by atoms with E-state index in [4.69, 9.17) is 5.73 Å². The van der Waals surface area contributed by atoms with Crippen molar-refractivity contribution in [3.63, 3.8) is 0 Å². The standard InChI is InChI=1S/C13H20N2O/c1-4-12(13(14)16)15(3)9-11-8-6-5-7-10(11)2/h5-8,12H,4,9H2,1-3H3,(H2,14,16). The van der Waals surface area contributed by atoms with Crippen LogP contribution < -0.4 is 5.73 Å². The maximum Gasteiger partial charge on any atom is 0.234 e. The van der Waals surface area contributed by atoms with Gasteiger partial charge in [0.2, 0.25) is 5.91 Å². The van der Waals surface area contributed by atoms with Crippen LogP contribution >= 0.6 is 0 Å². The topological polar surface area (TPSA) is 46.3 Å². The van der Waals surface area contributed by atoms with Crippen molar-refractivity contribution < 1.29 is 4.79 Å². The van der Waals surface area contributed by atoms with Crippen LogP contribution in [0.5, 0.6) is 0 Å². The third-order valence-corrected chi connectivity index (χ3v) is 2.93. The smallest absolute Gasteiger partial charge is 0.234 e. The number of aryl methyl sites for hydroxylation is 1. The van der Waals surface area contributed by atoms with E-state index in [0.717, 1.165) is 13.0 Å². The van der Waals surface area contributed by atoms with Gasteiger partial charge in [-0.2, -0.15) is 0 Å². The van der Waals surface area contributed by atoms with E-state index in [-0.39, 0.29) is 11.9 Å². The van der Waals surface area contributed by atoms with Crippen LogP contribution in [0.3, 0.4) is 0 Å². The third kappa shape index (κ3) is 3.07. The number of nitrogens with two attached hydrogens (primary N) is 1. The van der Waals surface area contributed by atoms with Crippen LogP contribution in [-0.2, 0) is 11.3 Å². The molecule has 0 saturated carbocycles. The van der Waals surface area contributed by atoms with Gasteiger partial charge < -0.3 is 5.73 Å². The van der Waals surface area contributed by atoms with Crippen molar-refractivity contribution in [1.29, 1.82) is 0 Å². The first-order chi connectivity index (χ1) is 7.56. The molecule has 0 heterocycles. The summed E-state index contributed by atoms with van der Waals surface area (Å²) >= 11 is 0. The maximum absolute atomic E-state index is 11.2. The van der Waals surface area contributed by atoms with E-state index in [1.807, 2.05) is 31.0 Å². The first-order valence-corrected chi connectivity index (χ1v) is 5.60. The largest absolute Gasteiger partial charge is 0.368 e. The Labute approximate surface area is 97.2 Å². The molecule has 3 nitrogen and oxygen atoms in total. The minimum atomic E-state index is -0.251. The molecule has 88 valence electrons. The van der Waals surface area contributed by atoms with E-state index < -0.39 is 0 Å². The second-order valence-corrected chi connectivity index (χ2v) is 4.17. The van der Waals surface area contributed by atoms with Crippen molar-refractivity contribution in [2.75, 3.05) is 7.05 Å². The van der Waals surface area contributed by atoms with Crippen molar-refractivity contribution in [3.05, 3.63) is 35.4 Å². The molecule has 1 aromatic rings. The van der Waals surface area contributed by atoms with Gasteiger partial charge in [-0.15, -0.1) is 0 Å². The van der Waals surface area contributed by atoms with Crippen molar-refractivity contribution in [2.45, 2.75) is 32.9 Å². The minimum absolute atomic E-state index is 0.181. The van der Waals surface area contributed by atoms with Gasteiger partial charge in [-0.3, -0.25) is 9.69 Å². The highest BCUT2D eigenvalue weighted by Gasteiger charge is 2.18. The van der Waals surface area contributed by atoms with Crippen LogP contribution in [-0.4, -0.2) is 23.9 Å². The van der Waals surface area contributed by atoms with Crippen molar-refractivity contribution in [3.8, 4) is 0 Å². The lowest BCUT2D eigenvalue weighted by Crippen LogP contribution is -2.41. The molecule has 1 amide bonds. The number of nitrogens with zero attached hydrogens (tertiary/aromatic N) is 1. The van der Waals surface area contributed by atoms with Crippen molar-refractivity contribution >= 4 is 5.91 Å². The Hall–Kier alpha value is -1.35. The zero-order chi connectivity index (χ0) is 12.1. The van der Waals surface area contributed by atoms with E-state index in [1.54, 1.807) is 0 Å². The summed E-state index contributed by atoms with van der Waals surface area (Å²) in [5.74, 6) is -0.251. The fourth-order valence-corrected chi connectivity index (χ4v) is 1.90. The molecule has 3 heteroatoms. The fourth-order valence-electron chi connectivity index (χ4n) is 1.90. The third-order valence-electron chi connectivity index (χ3n) is 2.93. The molecule has 0 aliphatic rings. The van der Waals surface area contributed by atoms with E-state index in [2.05, 4.69) is 19.1 Å². The molecule has 0 fully saturated rings. The summed E-state index contributed by atoms with van der Waals surface area (Å²) in [6.45, 7) is 4.81. The highest BCUT2D eigenvalue weighted by Crippen LogP contribution is 2.12. The summed E-state index contributed by atoms with van der Waals surface area (Å²) in [6, 6.07) is 8.01. The molecule has 0 aliphatic heterocycles. The average molecular weight is 220 g/mol. The van der Waals surface area contributed by atoms with Crippen molar-refractivity contribution in [2.24, 2.45) is 5.73 Å². The zero-order valence-electron chi connectivity index (χ0n) is 10.2. The Kier molecular flexibility index (Phi) is 4.50. The molecule has 1 unspecified atom stereocenters. The summed E-state index contributed by atoms with van der Waals surface area (Å²) in [7, 11) is 1.94. The van der Waals surface area contributed by atoms with Crippen LogP contribution in [0.1, 0.15) is 24.5 Å². The number of carbonyl (C=O) groups excluding carboxylic acids is 1. The SMILES string of the molecule is CCC(C(N)=O)N(C)Cc1ccccc1C. The number of rotatable bonds is 5. The van der Waals surface area contributed by atoms with Crippen molar-refractivity contribution in [1.82, 2.24) is 4.90 Å².